The molecule has 0 bridgehead atoms. The van der Waals surface area contributed by atoms with Crippen molar-refractivity contribution in [2.75, 3.05) is 19.6 Å². The van der Waals surface area contributed by atoms with E-state index in [0.717, 1.165) is 6.42 Å². The fourth-order valence-corrected chi connectivity index (χ4v) is 4.64. The Kier molecular flexibility index (Phi) is 4.74. The van der Waals surface area contributed by atoms with Crippen LogP contribution in [0.5, 0.6) is 0 Å². The van der Waals surface area contributed by atoms with E-state index >= 15 is 0 Å². The molecule has 0 amide bonds. The van der Waals surface area contributed by atoms with Gasteiger partial charge in [-0.2, -0.15) is 4.31 Å². The van der Waals surface area contributed by atoms with Crippen LogP contribution in [0.15, 0.2) is 23.1 Å². The van der Waals surface area contributed by atoms with Crippen LogP contribution in [-0.4, -0.2) is 32.4 Å². The lowest BCUT2D eigenvalue weighted by molar-refractivity contribution is 0.203. The maximum absolute atomic E-state index is 12.8. The summed E-state index contributed by atoms with van der Waals surface area (Å²) in [6, 6.07) is 5.00. The fourth-order valence-electron chi connectivity index (χ4n) is 2.65. The molecule has 0 radical (unpaired) electrons. The highest BCUT2D eigenvalue weighted by Gasteiger charge is 2.33. The summed E-state index contributed by atoms with van der Waals surface area (Å²) < 4.78 is 27.1. The van der Waals surface area contributed by atoms with Crippen LogP contribution < -0.4 is 5.73 Å². The Bertz CT molecular complexity index is 589. The molecule has 0 aromatic heterocycles. The minimum atomic E-state index is -3.49. The summed E-state index contributed by atoms with van der Waals surface area (Å²) >= 11 is 6.03. The molecule has 2 unspecified atom stereocenters. The molecule has 2 N–H and O–H groups in total. The van der Waals surface area contributed by atoms with Crippen LogP contribution >= 0.6 is 11.6 Å². The topological polar surface area (TPSA) is 63.4 Å². The lowest BCUT2D eigenvalue weighted by Crippen LogP contribution is -2.45. The van der Waals surface area contributed by atoms with Gasteiger partial charge in [-0.05, 0) is 49.4 Å². The quantitative estimate of drug-likeness (QED) is 0.930. The highest BCUT2D eigenvalue weighted by atomic mass is 35.5. The molecular weight excluding hydrogens is 296 g/mol. The third-order valence-corrected chi connectivity index (χ3v) is 6.63. The second kappa shape index (κ2) is 6.02. The summed E-state index contributed by atoms with van der Waals surface area (Å²) in [7, 11) is -3.49. The molecule has 1 aromatic carbocycles. The van der Waals surface area contributed by atoms with Crippen molar-refractivity contribution in [2.24, 2.45) is 17.6 Å². The van der Waals surface area contributed by atoms with Gasteiger partial charge in [-0.3, -0.25) is 0 Å². The number of nitrogens with zero attached hydrogens (tertiary/aromatic N) is 1. The highest BCUT2D eigenvalue weighted by molar-refractivity contribution is 7.89. The maximum Gasteiger partial charge on any atom is 0.243 e. The fraction of sp³-hybridized carbons (Fsp3) is 0.571. The SMILES string of the molecule is Cc1c(Cl)cccc1S(=O)(=O)N1CCC(C)C(CN)C1. The van der Waals surface area contributed by atoms with Crippen LogP contribution in [0.2, 0.25) is 5.02 Å². The average Bonchev–Trinajstić information content (AvgIpc) is 2.42. The van der Waals surface area contributed by atoms with Gasteiger partial charge in [-0.15, -0.1) is 0 Å². The molecule has 2 rings (SSSR count). The minimum absolute atomic E-state index is 0.220. The Labute approximate surface area is 126 Å². The Morgan fingerprint density at radius 1 is 1.45 bits per heavy atom. The molecule has 1 saturated heterocycles. The summed E-state index contributed by atoms with van der Waals surface area (Å²) in [4.78, 5) is 0.301. The second-order valence-electron chi connectivity index (χ2n) is 5.49. The first kappa shape index (κ1) is 15.8. The van der Waals surface area contributed by atoms with Crippen LogP contribution in [0.4, 0.5) is 0 Å². The molecule has 1 aliphatic heterocycles. The van der Waals surface area contributed by atoms with Gasteiger partial charge in [-0.1, -0.05) is 24.6 Å². The van der Waals surface area contributed by atoms with Crippen LogP contribution in [0, 0.1) is 18.8 Å². The van der Waals surface area contributed by atoms with Gasteiger partial charge in [0.1, 0.15) is 0 Å². The summed E-state index contributed by atoms with van der Waals surface area (Å²) in [6.07, 6.45) is 0.848. The number of halogens is 1. The van der Waals surface area contributed by atoms with Crippen molar-refractivity contribution >= 4 is 21.6 Å². The first-order chi connectivity index (χ1) is 9.37. The largest absolute Gasteiger partial charge is 0.330 e. The molecule has 0 saturated carbocycles. The molecule has 1 aliphatic rings. The smallest absolute Gasteiger partial charge is 0.243 e. The first-order valence-corrected chi connectivity index (χ1v) is 8.65. The zero-order chi connectivity index (χ0) is 14.9. The van der Waals surface area contributed by atoms with Crippen LogP contribution in [0.1, 0.15) is 18.9 Å². The van der Waals surface area contributed by atoms with Gasteiger partial charge in [0.25, 0.3) is 0 Å². The summed E-state index contributed by atoms with van der Waals surface area (Å²) in [5.41, 5.74) is 6.36. The Morgan fingerprint density at radius 2 is 2.15 bits per heavy atom. The summed E-state index contributed by atoms with van der Waals surface area (Å²) in [6.45, 7) is 5.42. The Hall–Kier alpha value is -0.620. The van der Waals surface area contributed by atoms with Crippen molar-refractivity contribution < 1.29 is 8.42 Å². The number of hydrogen-bond donors (Lipinski definition) is 1. The lowest BCUT2D eigenvalue weighted by Gasteiger charge is -2.35. The zero-order valence-corrected chi connectivity index (χ0v) is 13.4. The Morgan fingerprint density at radius 3 is 2.80 bits per heavy atom. The highest BCUT2D eigenvalue weighted by Crippen LogP contribution is 2.30. The minimum Gasteiger partial charge on any atom is -0.330 e. The van der Waals surface area contributed by atoms with Crippen molar-refractivity contribution in [2.45, 2.75) is 25.2 Å². The van der Waals surface area contributed by atoms with E-state index in [9.17, 15) is 8.42 Å². The third-order valence-electron chi connectivity index (χ3n) is 4.22. The van der Waals surface area contributed by atoms with Gasteiger partial charge >= 0.3 is 0 Å². The molecule has 6 heteroatoms. The molecule has 2 atom stereocenters. The number of sulfonamides is 1. The number of rotatable bonds is 3. The molecule has 0 aliphatic carbocycles. The van der Waals surface area contributed by atoms with E-state index in [2.05, 4.69) is 6.92 Å². The van der Waals surface area contributed by atoms with Crippen molar-refractivity contribution in [3.63, 3.8) is 0 Å². The van der Waals surface area contributed by atoms with Gasteiger partial charge in [-0.25, -0.2) is 8.42 Å². The number of benzene rings is 1. The summed E-state index contributed by atoms with van der Waals surface area (Å²) in [5, 5.41) is 0.479. The molecule has 20 heavy (non-hydrogen) atoms. The van der Waals surface area contributed by atoms with Gasteiger partial charge in [0.15, 0.2) is 0 Å². The second-order valence-corrected chi connectivity index (χ2v) is 7.80. The van der Waals surface area contributed by atoms with Gasteiger partial charge in [0.05, 0.1) is 4.90 Å². The predicted octanol–water partition coefficient (Wildman–Crippen LogP) is 2.25. The number of nitrogens with two attached hydrogens (primary N) is 1. The van der Waals surface area contributed by atoms with Crippen molar-refractivity contribution in [3.8, 4) is 0 Å². The molecule has 4 nitrogen and oxygen atoms in total. The number of hydrogen-bond acceptors (Lipinski definition) is 3. The summed E-state index contributed by atoms with van der Waals surface area (Å²) in [5.74, 6) is 0.685. The first-order valence-electron chi connectivity index (χ1n) is 6.83. The lowest BCUT2D eigenvalue weighted by atomic mass is 9.88. The third kappa shape index (κ3) is 2.86. The molecular formula is C14H21ClN2O2S. The van der Waals surface area contributed by atoms with E-state index in [1.54, 1.807) is 29.4 Å². The monoisotopic (exact) mass is 316 g/mol. The van der Waals surface area contributed by atoms with Crippen LogP contribution in [0.3, 0.4) is 0 Å². The average molecular weight is 317 g/mol. The van der Waals surface area contributed by atoms with Gasteiger partial charge in [0, 0.05) is 18.1 Å². The van der Waals surface area contributed by atoms with Crippen LogP contribution in [-0.2, 0) is 10.0 Å². The number of piperidine rings is 1. The van der Waals surface area contributed by atoms with E-state index in [-0.39, 0.29) is 5.92 Å². The molecule has 1 aromatic rings. The maximum atomic E-state index is 12.8. The van der Waals surface area contributed by atoms with E-state index in [1.165, 1.54) is 0 Å². The van der Waals surface area contributed by atoms with E-state index in [1.807, 2.05) is 0 Å². The predicted molar refractivity (Wildman–Crippen MR) is 81.3 cm³/mol. The van der Waals surface area contributed by atoms with E-state index in [4.69, 9.17) is 17.3 Å². The Balaban J connectivity index is 2.33. The van der Waals surface area contributed by atoms with Crippen molar-refractivity contribution in [3.05, 3.63) is 28.8 Å². The van der Waals surface area contributed by atoms with E-state index in [0.29, 0.717) is 41.0 Å². The van der Waals surface area contributed by atoms with E-state index < -0.39 is 10.0 Å². The van der Waals surface area contributed by atoms with Crippen LogP contribution in [0.25, 0.3) is 0 Å². The standard InChI is InChI=1S/C14H21ClN2O2S/c1-10-6-7-17(9-12(10)8-16)20(18,19)14-5-3-4-13(15)11(14)2/h3-5,10,12H,6-9,16H2,1-2H3. The normalized spacial score (nSPS) is 24.8. The zero-order valence-electron chi connectivity index (χ0n) is 11.8. The molecule has 0 spiro atoms. The molecule has 1 fully saturated rings. The molecule has 1 heterocycles. The van der Waals surface area contributed by atoms with Crippen molar-refractivity contribution in [1.29, 1.82) is 0 Å². The van der Waals surface area contributed by atoms with Gasteiger partial charge < -0.3 is 5.73 Å². The van der Waals surface area contributed by atoms with Gasteiger partial charge in [0.2, 0.25) is 10.0 Å². The molecule has 112 valence electrons. The van der Waals surface area contributed by atoms with Crippen molar-refractivity contribution in [1.82, 2.24) is 4.31 Å².